The van der Waals surface area contributed by atoms with Gasteiger partial charge in [-0.05, 0) is 43.2 Å². The fourth-order valence-electron chi connectivity index (χ4n) is 6.09. The van der Waals surface area contributed by atoms with Crippen LogP contribution < -0.4 is 0 Å². The summed E-state index contributed by atoms with van der Waals surface area (Å²) in [6.45, 7) is 0.109. The molecule has 2 amide bonds. The van der Waals surface area contributed by atoms with E-state index in [9.17, 15) is 45.4 Å². The molecule has 0 saturated carbocycles. The molecule has 3 atom stereocenters. The molecule has 2 aliphatic heterocycles. The van der Waals surface area contributed by atoms with Crippen molar-refractivity contribution in [1.29, 1.82) is 0 Å². The summed E-state index contributed by atoms with van der Waals surface area (Å²) >= 11 is 0. The zero-order valence-corrected chi connectivity index (χ0v) is 18.8. The molecule has 1 aromatic carbocycles. The van der Waals surface area contributed by atoms with Crippen LogP contribution in [0.4, 0.5) is 30.7 Å². The number of hydrogen-bond acceptors (Lipinski definition) is 3. The molecule has 0 spiro atoms. The molecule has 0 radical (unpaired) electrons. The molecule has 2 saturated heterocycles. The fraction of sp³-hybridized carbons (Fsp3) is 0.652. The van der Waals surface area contributed by atoms with Crippen molar-refractivity contribution in [3.63, 3.8) is 0 Å². The standard InChI is InChI=1S/C23H25F7N2O3/c1-31-16(5-6-18(31)34)19(35)32-9-8-20(7-2-10-33)15-4-3-14(11-13(15)12-17(20)32)21(24,22(25,26)27)23(28,29)30/h3-4,11,16-17,33H,2,5-10,12H2,1H3. The molecule has 4 rings (SSSR count). The van der Waals surface area contributed by atoms with Gasteiger partial charge < -0.3 is 14.9 Å². The predicted molar refractivity (Wildman–Crippen MR) is 109 cm³/mol. The first-order valence-electron chi connectivity index (χ1n) is 11.3. The van der Waals surface area contributed by atoms with E-state index in [-0.39, 0.29) is 36.8 Å². The van der Waals surface area contributed by atoms with Gasteiger partial charge in [-0.15, -0.1) is 0 Å². The zero-order valence-electron chi connectivity index (χ0n) is 18.8. The molecule has 3 aliphatic rings. The van der Waals surface area contributed by atoms with Crippen molar-refractivity contribution in [3.05, 3.63) is 34.9 Å². The lowest BCUT2D eigenvalue weighted by atomic mass is 9.74. The maximum absolute atomic E-state index is 14.7. The van der Waals surface area contributed by atoms with Gasteiger partial charge in [-0.2, -0.15) is 26.3 Å². The van der Waals surface area contributed by atoms with Gasteiger partial charge in [0.1, 0.15) is 6.04 Å². The number of carbonyl (C=O) groups excluding carboxylic acids is 2. The molecule has 0 aromatic heterocycles. The molecule has 2 heterocycles. The van der Waals surface area contributed by atoms with Gasteiger partial charge in [0.05, 0.1) is 0 Å². The number of hydrogen-bond donors (Lipinski definition) is 1. The van der Waals surface area contributed by atoms with Gasteiger partial charge in [-0.25, -0.2) is 4.39 Å². The number of halogens is 7. The average molecular weight is 510 g/mol. The minimum Gasteiger partial charge on any atom is -0.396 e. The zero-order chi connectivity index (χ0) is 26.0. The van der Waals surface area contributed by atoms with Crippen LogP contribution in [-0.4, -0.2) is 71.4 Å². The number of likely N-dealkylation sites (N-methyl/N-ethyl adjacent to an activating group) is 1. The van der Waals surface area contributed by atoms with Crippen LogP contribution in [0.1, 0.15) is 48.8 Å². The smallest absolute Gasteiger partial charge is 0.396 e. The van der Waals surface area contributed by atoms with Crippen LogP contribution in [0.2, 0.25) is 0 Å². The Morgan fingerprint density at radius 3 is 2.34 bits per heavy atom. The minimum atomic E-state index is -6.22. The molecule has 12 heteroatoms. The highest BCUT2D eigenvalue weighted by molar-refractivity contribution is 5.91. The maximum Gasteiger partial charge on any atom is 0.435 e. The topological polar surface area (TPSA) is 60.9 Å². The lowest BCUT2D eigenvalue weighted by Crippen LogP contribution is -2.50. The molecule has 0 bridgehead atoms. The third-order valence-electron chi connectivity index (χ3n) is 7.89. The van der Waals surface area contributed by atoms with Crippen LogP contribution in [0.5, 0.6) is 0 Å². The molecule has 5 nitrogen and oxygen atoms in total. The lowest BCUT2D eigenvalue weighted by Gasteiger charge is -2.35. The Balaban J connectivity index is 1.74. The highest BCUT2D eigenvalue weighted by Crippen LogP contribution is 2.56. The third kappa shape index (κ3) is 3.70. The largest absolute Gasteiger partial charge is 0.435 e. The molecule has 35 heavy (non-hydrogen) atoms. The SMILES string of the molecule is CN1C(=O)CCC1C(=O)N1CCC2(CCCO)c3ccc(C(F)(C(F)(F)F)C(F)(F)F)cc3CC12. The van der Waals surface area contributed by atoms with Gasteiger partial charge in [0.15, 0.2) is 0 Å². The molecular formula is C23H25F7N2O3. The van der Waals surface area contributed by atoms with Crippen molar-refractivity contribution in [1.82, 2.24) is 9.80 Å². The van der Waals surface area contributed by atoms with Gasteiger partial charge in [0, 0.05) is 43.6 Å². The summed E-state index contributed by atoms with van der Waals surface area (Å²) in [4.78, 5) is 28.1. The van der Waals surface area contributed by atoms with Gasteiger partial charge >= 0.3 is 18.0 Å². The van der Waals surface area contributed by atoms with E-state index in [4.69, 9.17) is 0 Å². The number of nitrogens with zero attached hydrogens (tertiary/aromatic N) is 2. The molecule has 194 valence electrons. The van der Waals surface area contributed by atoms with E-state index in [1.54, 1.807) is 4.90 Å². The van der Waals surface area contributed by atoms with E-state index in [2.05, 4.69) is 0 Å². The van der Waals surface area contributed by atoms with E-state index in [0.29, 0.717) is 49.9 Å². The second kappa shape index (κ2) is 8.35. The van der Waals surface area contributed by atoms with Crippen molar-refractivity contribution in [3.8, 4) is 0 Å². The van der Waals surface area contributed by atoms with E-state index in [1.807, 2.05) is 0 Å². The number of fused-ring (bicyclic) bond motifs is 3. The van der Waals surface area contributed by atoms with Crippen molar-refractivity contribution < 1.29 is 45.4 Å². The van der Waals surface area contributed by atoms with E-state index >= 15 is 0 Å². The van der Waals surface area contributed by atoms with Crippen molar-refractivity contribution >= 4 is 11.8 Å². The van der Waals surface area contributed by atoms with Crippen LogP contribution >= 0.6 is 0 Å². The van der Waals surface area contributed by atoms with Crippen LogP contribution in [0.15, 0.2) is 18.2 Å². The van der Waals surface area contributed by atoms with Crippen LogP contribution in [0.3, 0.4) is 0 Å². The second-order valence-electron chi connectivity index (χ2n) is 9.57. The van der Waals surface area contributed by atoms with E-state index in [0.717, 1.165) is 6.07 Å². The summed E-state index contributed by atoms with van der Waals surface area (Å²) in [6.07, 6.45) is -10.9. The van der Waals surface area contributed by atoms with Crippen LogP contribution in [-0.2, 0) is 27.1 Å². The number of benzene rings is 1. The number of aliphatic hydroxyl groups excluding tert-OH is 1. The van der Waals surface area contributed by atoms with Crippen molar-refractivity contribution in [2.24, 2.45) is 0 Å². The molecule has 1 N–H and O–H groups in total. The number of amides is 2. The highest BCUT2D eigenvalue weighted by Gasteiger charge is 2.73. The Morgan fingerprint density at radius 1 is 1.14 bits per heavy atom. The first-order chi connectivity index (χ1) is 16.2. The van der Waals surface area contributed by atoms with Gasteiger partial charge in [-0.1, -0.05) is 18.2 Å². The Labute approximate surface area is 196 Å². The van der Waals surface area contributed by atoms with Gasteiger partial charge in [0.25, 0.3) is 0 Å². The maximum atomic E-state index is 14.7. The summed E-state index contributed by atoms with van der Waals surface area (Å²) in [5.41, 5.74) is -7.28. The monoisotopic (exact) mass is 510 g/mol. The number of carbonyl (C=O) groups is 2. The molecular weight excluding hydrogens is 485 g/mol. The Hall–Kier alpha value is -2.37. The average Bonchev–Trinajstić information content (AvgIpc) is 3.39. The molecule has 1 aliphatic carbocycles. The van der Waals surface area contributed by atoms with Gasteiger partial charge in [0.2, 0.25) is 11.8 Å². The summed E-state index contributed by atoms with van der Waals surface area (Å²) < 4.78 is 94.6. The summed E-state index contributed by atoms with van der Waals surface area (Å²) in [5.74, 6) is -0.514. The predicted octanol–water partition coefficient (Wildman–Crippen LogP) is 3.76. The summed E-state index contributed by atoms with van der Waals surface area (Å²) in [7, 11) is 1.51. The number of aliphatic hydroxyl groups is 1. The molecule has 2 fully saturated rings. The first-order valence-corrected chi connectivity index (χ1v) is 11.3. The quantitative estimate of drug-likeness (QED) is 0.614. The first kappa shape index (κ1) is 25.7. The van der Waals surface area contributed by atoms with Crippen molar-refractivity contribution in [2.75, 3.05) is 20.2 Å². The molecule has 1 aromatic rings. The third-order valence-corrected chi connectivity index (χ3v) is 7.89. The van der Waals surface area contributed by atoms with E-state index in [1.165, 1.54) is 11.9 Å². The number of alkyl halides is 7. The fourth-order valence-corrected chi connectivity index (χ4v) is 6.09. The summed E-state index contributed by atoms with van der Waals surface area (Å²) in [6, 6.07) is 0.971. The van der Waals surface area contributed by atoms with E-state index < -0.39 is 41.1 Å². The summed E-state index contributed by atoms with van der Waals surface area (Å²) in [5, 5.41) is 9.41. The highest BCUT2D eigenvalue weighted by atomic mass is 19.4. The Bertz CT molecular complexity index is 1010. The normalized spacial score (nSPS) is 26.9. The lowest BCUT2D eigenvalue weighted by molar-refractivity contribution is -0.348. The second-order valence-corrected chi connectivity index (χ2v) is 9.57. The number of rotatable bonds is 5. The molecule has 3 unspecified atom stereocenters. The van der Waals surface area contributed by atoms with Crippen LogP contribution in [0.25, 0.3) is 0 Å². The number of likely N-dealkylation sites (tertiary alicyclic amines) is 2. The Kier molecular flexibility index (Phi) is 6.13. The Morgan fingerprint density at radius 2 is 1.80 bits per heavy atom. The van der Waals surface area contributed by atoms with Crippen LogP contribution in [0, 0.1) is 0 Å². The van der Waals surface area contributed by atoms with Gasteiger partial charge in [-0.3, -0.25) is 9.59 Å². The minimum absolute atomic E-state index is 0.0451. The van der Waals surface area contributed by atoms with Crippen molar-refractivity contribution in [2.45, 2.75) is 74.0 Å².